The molecule has 1 aliphatic rings. The van der Waals surface area contributed by atoms with Crippen molar-refractivity contribution in [3.05, 3.63) is 34.3 Å². The summed E-state index contributed by atoms with van der Waals surface area (Å²) in [6, 6.07) is 7.33. The zero-order valence-corrected chi connectivity index (χ0v) is 14.6. The van der Waals surface area contributed by atoms with E-state index in [-0.39, 0.29) is 12.2 Å². The maximum Gasteiger partial charge on any atom is 0.303 e. The Hall–Kier alpha value is -0.920. The van der Waals surface area contributed by atoms with Gasteiger partial charge < -0.3 is 5.11 Å². The Morgan fingerprint density at radius 1 is 1.27 bits per heavy atom. The standard InChI is InChI=1S/C15H20BrNO4S/c16-14-4-2-1-3-13(14)11-22(20,21)17-9-7-12(8-10-17)5-6-15(18)19/h1-4,12H,5-11H2,(H,18,19). The third-order valence-electron chi connectivity index (χ3n) is 4.03. The van der Waals surface area contributed by atoms with Gasteiger partial charge in [-0.05, 0) is 36.8 Å². The molecule has 1 aliphatic heterocycles. The topological polar surface area (TPSA) is 74.7 Å². The highest BCUT2D eigenvalue weighted by molar-refractivity contribution is 9.10. The van der Waals surface area contributed by atoms with E-state index >= 15 is 0 Å². The van der Waals surface area contributed by atoms with E-state index in [1.165, 1.54) is 4.31 Å². The summed E-state index contributed by atoms with van der Waals surface area (Å²) in [5.41, 5.74) is 0.760. The first-order valence-corrected chi connectivity index (χ1v) is 9.72. The zero-order valence-electron chi connectivity index (χ0n) is 12.2. The maximum atomic E-state index is 12.5. The van der Waals surface area contributed by atoms with Crippen LogP contribution in [0.25, 0.3) is 0 Å². The average Bonchev–Trinajstić information content (AvgIpc) is 2.48. The number of hydrogen-bond donors (Lipinski definition) is 1. The van der Waals surface area contributed by atoms with Gasteiger partial charge in [0.05, 0.1) is 5.75 Å². The molecular formula is C15H20BrNO4S. The molecule has 22 heavy (non-hydrogen) atoms. The van der Waals surface area contributed by atoms with Crippen molar-refractivity contribution in [2.45, 2.75) is 31.4 Å². The second-order valence-corrected chi connectivity index (χ2v) is 8.45. The molecule has 122 valence electrons. The molecule has 0 aliphatic carbocycles. The molecule has 0 atom stereocenters. The second-order valence-electron chi connectivity index (χ2n) is 5.62. The highest BCUT2D eigenvalue weighted by Gasteiger charge is 2.28. The Kier molecular flexibility index (Phi) is 6.00. The summed E-state index contributed by atoms with van der Waals surface area (Å²) in [6.45, 7) is 0.966. The Bertz CT molecular complexity index is 624. The van der Waals surface area contributed by atoms with Crippen LogP contribution in [0.5, 0.6) is 0 Å². The Morgan fingerprint density at radius 3 is 2.50 bits per heavy atom. The molecule has 1 aromatic carbocycles. The van der Waals surface area contributed by atoms with E-state index in [1.54, 1.807) is 6.07 Å². The van der Waals surface area contributed by atoms with Crippen LogP contribution in [-0.4, -0.2) is 36.9 Å². The predicted molar refractivity (Wildman–Crippen MR) is 87.9 cm³/mol. The van der Waals surface area contributed by atoms with Crippen LogP contribution < -0.4 is 0 Å². The van der Waals surface area contributed by atoms with E-state index in [1.807, 2.05) is 18.2 Å². The van der Waals surface area contributed by atoms with Gasteiger partial charge in [0.2, 0.25) is 10.0 Å². The van der Waals surface area contributed by atoms with Crippen molar-refractivity contribution in [1.29, 1.82) is 0 Å². The minimum Gasteiger partial charge on any atom is -0.481 e. The molecule has 0 saturated carbocycles. The van der Waals surface area contributed by atoms with Crippen molar-refractivity contribution in [2.75, 3.05) is 13.1 Å². The van der Waals surface area contributed by atoms with Crippen LogP contribution >= 0.6 is 15.9 Å². The summed E-state index contributed by atoms with van der Waals surface area (Å²) >= 11 is 3.38. The number of carboxylic acid groups (broad SMARTS) is 1. The number of halogens is 1. The highest BCUT2D eigenvalue weighted by atomic mass is 79.9. The van der Waals surface area contributed by atoms with Crippen molar-refractivity contribution < 1.29 is 18.3 Å². The zero-order chi connectivity index (χ0) is 16.2. The number of nitrogens with zero attached hydrogens (tertiary/aromatic N) is 1. The number of sulfonamides is 1. The average molecular weight is 390 g/mol. The third-order valence-corrected chi connectivity index (χ3v) is 6.63. The molecule has 7 heteroatoms. The lowest BCUT2D eigenvalue weighted by molar-refractivity contribution is -0.137. The van der Waals surface area contributed by atoms with Gasteiger partial charge in [-0.3, -0.25) is 4.79 Å². The van der Waals surface area contributed by atoms with Gasteiger partial charge in [0.1, 0.15) is 0 Å². The monoisotopic (exact) mass is 389 g/mol. The molecule has 0 bridgehead atoms. The summed E-state index contributed by atoms with van der Waals surface area (Å²) in [6.07, 6.45) is 2.27. The fourth-order valence-corrected chi connectivity index (χ4v) is 4.91. The first kappa shape index (κ1) is 17.4. The first-order valence-electron chi connectivity index (χ1n) is 7.31. The van der Waals surface area contributed by atoms with E-state index in [2.05, 4.69) is 15.9 Å². The number of hydrogen-bond acceptors (Lipinski definition) is 3. The van der Waals surface area contributed by atoms with Crippen LogP contribution in [0.1, 0.15) is 31.2 Å². The molecule has 1 heterocycles. The number of piperidine rings is 1. The number of aliphatic carboxylic acids is 1. The lowest BCUT2D eigenvalue weighted by atomic mass is 9.93. The van der Waals surface area contributed by atoms with Crippen molar-refractivity contribution in [3.63, 3.8) is 0 Å². The van der Waals surface area contributed by atoms with Crippen molar-refractivity contribution >= 4 is 31.9 Å². The lowest BCUT2D eigenvalue weighted by Gasteiger charge is -2.31. The molecule has 0 unspecified atom stereocenters. The first-order chi connectivity index (χ1) is 10.4. The summed E-state index contributed by atoms with van der Waals surface area (Å²) in [7, 11) is -3.33. The molecule has 1 saturated heterocycles. The van der Waals surface area contributed by atoms with Gasteiger partial charge in [0, 0.05) is 24.0 Å². The highest BCUT2D eigenvalue weighted by Crippen LogP contribution is 2.26. The van der Waals surface area contributed by atoms with Crippen molar-refractivity contribution in [1.82, 2.24) is 4.31 Å². The predicted octanol–water partition coefficient (Wildman–Crippen LogP) is 2.86. The summed E-state index contributed by atoms with van der Waals surface area (Å²) < 4.78 is 27.3. The Morgan fingerprint density at radius 2 is 1.91 bits per heavy atom. The molecule has 1 N–H and O–H groups in total. The molecular weight excluding hydrogens is 370 g/mol. The number of carbonyl (C=O) groups is 1. The van der Waals surface area contributed by atoms with Gasteiger partial charge in [-0.2, -0.15) is 0 Å². The molecule has 5 nitrogen and oxygen atoms in total. The van der Waals surface area contributed by atoms with Gasteiger partial charge in [0.25, 0.3) is 0 Å². The lowest BCUT2D eigenvalue weighted by Crippen LogP contribution is -2.39. The van der Waals surface area contributed by atoms with E-state index in [0.29, 0.717) is 25.4 Å². The van der Waals surface area contributed by atoms with Crippen LogP contribution in [-0.2, 0) is 20.6 Å². The molecule has 1 fully saturated rings. The summed E-state index contributed by atoms with van der Waals surface area (Å²) in [5, 5.41) is 8.70. The fourth-order valence-electron chi connectivity index (χ4n) is 2.71. The van der Waals surface area contributed by atoms with Gasteiger partial charge in [-0.25, -0.2) is 12.7 Å². The van der Waals surface area contributed by atoms with Crippen LogP contribution in [0.15, 0.2) is 28.7 Å². The summed E-state index contributed by atoms with van der Waals surface area (Å²) in [4.78, 5) is 10.6. The number of rotatable bonds is 6. The maximum absolute atomic E-state index is 12.5. The second kappa shape index (κ2) is 7.57. The van der Waals surface area contributed by atoms with E-state index in [0.717, 1.165) is 22.9 Å². The van der Waals surface area contributed by atoms with E-state index < -0.39 is 16.0 Å². The Balaban J connectivity index is 1.92. The smallest absolute Gasteiger partial charge is 0.303 e. The van der Waals surface area contributed by atoms with E-state index in [9.17, 15) is 13.2 Å². The van der Waals surface area contributed by atoms with Crippen molar-refractivity contribution in [3.8, 4) is 0 Å². The molecule has 1 aromatic rings. The van der Waals surface area contributed by atoms with Crippen LogP contribution in [0.4, 0.5) is 0 Å². The van der Waals surface area contributed by atoms with Gasteiger partial charge >= 0.3 is 5.97 Å². The molecule has 0 aromatic heterocycles. The fraction of sp³-hybridized carbons (Fsp3) is 0.533. The van der Waals surface area contributed by atoms with Crippen LogP contribution in [0.3, 0.4) is 0 Å². The molecule has 0 radical (unpaired) electrons. The summed E-state index contributed by atoms with van der Waals surface area (Å²) in [5.74, 6) is -0.483. The van der Waals surface area contributed by atoms with Gasteiger partial charge in [0.15, 0.2) is 0 Å². The normalized spacial score (nSPS) is 17.5. The minimum absolute atomic E-state index is 0.00574. The van der Waals surface area contributed by atoms with E-state index in [4.69, 9.17) is 5.11 Å². The van der Waals surface area contributed by atoms with Crippen LogP contribution in [0, 0.1) is 5.92 Å². The minimum atomic E-state index is -3.33. The third kappa shape index (κ3) is 4.79. The Labute approximate surface area is 139 Å². The van der Waals surface area contributed by atoms with Crippen LogP contribution in [0.2, 0.25) is 0 Å². The van der Waals surface area contributed by atoms with Gasteiger partial charge in [-0.15, -0.1) is 0 Å². The molecule has 0 spiro atoms. The number of carboxylic acids is 1. The molecule has 2 rings (SSSR count). The SMILES string of the molecule is O=C(O)CCC1CCN(S(=O)(=O)Cc2ccccc2Br)CC1. The quantitative estimate of drug-likeness (QED) is 0.811. The van der Waals surface area contributed by atoms with Gasteiger partial charge in [-0.1, -0.05) is 34.1 Å². The van der Waals surface area contributed by atoms with Crippen molar-refractivity contribution in [2.24, 2.45) is 5.92 Å². The number of benzene rings is 1. The largest absolute Gasteiger partial charge is 0.481 e. The molecule has 0 amide bonds.